The van der Waals surface area contributed by atoms with E-state index in [1.165, 1.54) is 131 Å². The summed E-state index contributed by atoms with van der Waals surface area (Å²) in [4.78, 5) is 2.57. The lowest BCUT2D eigenvalue weighted by Gasteiger charge is -2.33. The molecule has 73 heavy (non-hydrogen) atoms. The SMILES string of the molecule is CC(C)(C)c1ccc2c(c1)C1(c3cc(C(C)(C)C)ccc3-2)c2ccccc2-c2c(N(c3ccc(-c4ccc5cc(-c6ccc7ccccc7c6)ccc5c4)cc3)c3cccc4c3sc3ccccc34)cccc21. The Bertz CT molecular complexity index is 4170. The van der Waals surface area contributed by atoms with Crippen molar-refractivity contribution in [2.24, 2.45) is 0 Å². The van der Waals surface area contributed by atoms with Crippen LogP contribution in [0.3, 0.4) is 0 Å². The van der Waals surface area contributed by atoms with Gasteiger partial charge in [-0.1, -0.05) is 217 Å². The first kappa shape index (κ1) is 43.7. The van der Waals surface area contributed by atoms with E-state index in [1.807, 2.05) is 11.3 Å². The molecule has 0 aliphatic heterocycles. The highest BCUT2D eigenvalue weighted by atomic mass is 32.1. The number of fused-ring (bicyclic) bond motifs is 15. The summed E-state index contributed by atoms with van der Waals surface area (Å²) in [5, 5.41) is 7.58. The number of thiophene rings is 1. The maximum Gasteiger partial charge on any atom is 0.0726 e. The monoisotopic (exact) mass is 953 g/mol. The van der Waals surface area contributed by atoms with Gasteiger partial charge in [0.2, 0.25) is 0 Å². The molecule has 2 aliphatic rings. The van der Waals surface area contributed by atoms with Crippen molar-refractivity contribution < 1.29 is 0 Å². The minimum Gasteiger partial charge on any atom is -0.308 e. The van der Waals surface area contributed by atoms with E-state index in [0.29, 0.717) is 0 Å². The Balaban J connectivity index is 0.959. The highest BCUT2D eigenvalue weighted by Crippen LogP contribution is 2.65. The van der Waals surface area contributed by atoms with E-state index in [1.54, 1.807) is 0 Å². The van der Waals surface area contributed by atoms with Gasteiger partial charge in [-0.25, -0.2) is 0 Å². The average molecular weight is 954 g/mol. The zero-order chi connectivity index (χ0) is 49.4. The highest BCUT2D eigenvalue weighted by Gasteiger charge is 2.53. The van der Waals surface area contributed by atoms with E-state index in [-0.39, 0.29) is 10.8 Å². The van der Waals surface area contributed by atoms with Gasteiger partial charge in [0, 0.05) is 26.7 Å². The fraction of sp³-hybridized carbons (Fsp3) is 0.127. The number of benzene rings is 11. The number of hydrogen-bond acceptors (Lipinski definition) is 2. The van der Waals surface area contributed by atoms with Gasteiger partial charge < -0.3 is 4.90 Å². The van der Waals surface area contributed by atoms with Crippen LogP contribution in [0.2, 0.25) is 0 Å². The van der Waals surface area contributed by atoms with Crippen LogP contribution in [-0.2, 0) is 16.2 Å². The van der Waals surface area contributed by atoms with Crippen LogP contribution in [0, 0.1) is 0 Å². The molecule has 1 heterocycles. The molecule has 350 valence electrons. The van der Waals surface area contributed by atoms with Gasteiger partial charge in [-0.15, -0.1) is 11.3 Å². The summed E-state index contributed by atoms with van der Waals surface area (Å²) in [6.07, 6.45) is 0. The van der Waals surface area contributed by atoms with Crippen molar-refractivity contribution >= 4 is 70.1 Å². The van der Waals surface area contributed by atoms with Crippen molar-refractivity contribution in [2.75, 3.05) is 4.90 Å². The van der Waals surface area contributed by atoms with Gasteiger partial charge in [-0.2, -0.15) is 0 Å². The van der Waals surface area contributed by atoms with Crippen LogP contribution in [0.25, 0.3) is 86.2 Å². The third-order valence-corrected chi connectivity index (χ3v) is 17.4. The van der Waals surface area contributed by atoms with Gasteiger partial charge in [-0.05, 0) is 153 Å². The van der Waals surface area contributed by atoms with E-state index in [2.05, 4.69) is 271 Å². The second kappa shape index (κ2) is 16.0. The predicted molar refractivity (Wildman–Crippen MR) is 314 cm³/mol. The summed E-state index contributed by atoms with van der Waals surface area (Å²) in [5.41, 5.74) is 21.2. The van der Waals surface area contributed by atoms with Crippen molar-refractivity contribution in [1.82, 2.24) is 0 Å². The molecule has 1 spiro atoms. The van der Waals surface area contributed by atoms with Gasteiger partial charge in [0.25, 0.3) is 0 Å². The molecule has 1 nitrogen and oxygen atoms in total. The Hall–Kier alpha value is -8.04. The van der Waals surface area contributed by atoms with Crippen molar-refractivity contribution in [3.63, 3.8) is 0 Å². The molecule has 0 bridgehead atoms. The van der Waals surface area contributed by atoms with E-state index in [9.17, 15) is 0 Å². The highest BCUT2D eigenvalue weighted by molar-refractivity contribution is 7.26. The fourth-order valence-electron chi connectivity index (χ4n) is 12.4. The Morgan fingerprint density at radius 3 is 1.53 bits per heavy atom. The number of anilines is 3. The van der Waals surface area contributed by atoms with E-state index in [4.69, 9.17) is 0 Å². The minimum atomic E-state index is -0.513. The Morgan fingerprint density at radius 1 is 0.356 bits per heavy atom. The van der Waals surface area contributed by atoms with E-state index in [0.717, 1.165) is 5.69 Å². The standard InChI is InChI=1S/C71H55NS/c1-69(2,3)52-33-37-55-56-38-34-53(70(4,5)6)43-63(56)71(62(55)42-52)60-20-11-9-18-59(60)67-61(71)21-14-22-64(67)72(65-23-13-19-58-57-17-10-12-24-66(57)73-68(58)65)54-35-31-45(32-36-54)47-27-28-50-41-51(30-29-49(50)40-47)48-26-25-44-15-7-8-16-46(44)39-48/h7-43H,1-6H3. The van der Waals surface area contributed by atoms with Gasteiger partial charge in [0.1, 0.15) is 0 Å². The summed E-state index contributed by atoms with van der Waals surface area (Å²) in [6, 6.07) is 85.4. The summed E-state index contributed by atoms with van der Waals surface area (Å²) in [5.74, 6) is 0. The molecule has 0 amide bonds. The van der Waals surface area contributed by atoms with Crippen LogP contribution in [-0.4, -0.2) is 0 Å². The summed E-state index contributed by atoms with van der Waals surface area (Å²) < 4.78 is 2.58. The average Bonchev–Trinajstić information content (AvgIpc) is 4.05. The molecule has 11 aromatic carbocycles. The smallest absolute Gasteiger partial charge is 0.0726 e. The van der Waals surface area contributed by atoms with Crippen molar-refractivity contribution in [1.29, 1.82) is 0 Å². The molecule has 0 saturated carbocycles. The molecule has 0 N–H and O–H groups in total. The molecular weight excluding hydrogens is 899 g/mol. The second-order valence-corrected chi connectivity index (χ2v) is 23.5. The van der Waals surface area contributed by atoms with Crippen LogP contribution >= 0.6 is 11.3 Å². The zero-order valence-corrected chi connectivity index (χ0v) is 43.0. The lowest BCUT2D eigenvalue weighted by atomic mass is 9.69. The first-order valence-electron chi connectivity index (χ1n) is 25.8. The summed E-state index contributed by atoms with van der Waals surface area (Å²) in [6.45, 7) is 14.1. The molecule has 1 aromatic heterocycles. The molecule has 12 aromatic rings. The Kier molecular flexibility index (Phi) is 9.57. The predicted octanol–water partition coefficient (Wildman–Crippen LogP) is 20.1. The molecule has 14 rings (SSSR count). The van der Waals surface area contributed by atoms with Gasteiger partial charge >= 0.3 is 0 Å². The molecule has 0 atom stereocenters. The van der Waals surface area contributed by atoms with Crippen molar-refractivity contribution in [2.45, 2.75) is 57.8 Å². The van der Waals surface area contributed by atoms with Gasteiger partial charge in [-0.3, -0.25) is 0 Å². The number of nitrogens with zero attached hydrogens (tertiary/aromatic N) is 1. The maximum atomic E-state index is 2.57. The Labute approximate surface area is 432 Å². The van der Waals surface area contributed by atoms with E-state index < -0.39 is 5.41 Å². The maximum absolute atomic E-state index is 2.57. The Morgan fingerprint density at radius 2 is 0.863 bits per heavy atom. The normalized spacial score (nSPS) is 13.5. The lowest BCUT2D eigenvalue weighted by Crippen LogP contribution is -2.27. The summed E-state index contributed by atoms with van der Waals surface area (Å²) >= 11 is 1.89. The molecular formula is C71H55NS. The molecule has 0 fully saturated rings. The zero-order valence-electron chi connectivity index (χ0n) is 42.2. The fourth-order valence-corrected chi connectivity index (χ4v) is 13.6. The van der Waals surface area contributed by atoms with Crippen molar-refractivity contribution in [3.05, 3.63) is 258 Å². The van der Waals surface area contributed by atoms with Gasteiger partial charge in [0.15, 0.2) is 0 Å². The number of rotatable bonds is 5. The van der Waals surface area contributed by atoms with E-state index >= 15 is 0 Å². The van der Waals surface area contributed by atoms with Gasteiger partial charge in [0.05, 0.1) is 21.5 Å². The van der Waals surface area contributed by atoms with Crippen LogP contribution in [0.4, 0.5) is 17.1 Å². The van der Waals surface area contributed by atoms with Crippen molar-refractivity contribution in [3.8, 4) is 44.5 Å². The van der Waals surface area contributed by atoms with Crippen LogP contribution in [0.5, 0.6) is 0 Å². The number of hydrogen-bond donors (Lipinski definition) is 0. The van der Waals surface area contributed by atoms with Crippen LogP contribution < -0.4 is 4.90 Å². The molecule has 0 radical (unpaired) electrons. The molecule has 0 unspecified atom stereocenters. The molecule has 2 aliphatic carbocycles. The third kappa shape index (κ3) is 6.66. The first-order chi connectivity index (χ1) is 35.4. The van der Waals surface area contributed by atoms with Crippen LogP contribution in [0.1, 0.15) is 74.9 Å². The molecule has 2 heteroatoms. The quantitative estimate of drug-likeness (QED) is 0.166. The summed E-state index contributed by atoms with van der Waals surface area (Å²) in [7, 11) is 0. The lowest BCUT2D eigenvalue weighted by molar-refractivity contribution is 0.586. The third-order valence-electron chi connectivity index (χ3n) is 16.2. The molecule has 0 saturated heterocycles. The van der Waals surface area contributed by atoms with Crippen LogP contribution in [0.15, 0.2) is 224 Å². The second-order valence-electron chi connectivity index (χ2n) is 22.5. The minimum absolute atomic E-state index is 0.0227. The topological polar surface area (TPSA) is 3.24 Å². The largest absolute Gasteiger partial charge is 0.308 e. The first-order valence-corrected chi connectivity index (χ1v) is 26.6.